The van der Waals surface area contributed by atoms with Gasteiger partial charge in [-0.15, -0.1) is 0 Å². The lowest BCUT2D eigenvalue weighted by molar-refractivity contribution is -0.125. The standard InChI is InChI=1S/C24H26ClN3O3/c1-5-12-31-24-19(25)13-17(14-21(24)30-4)10-11-23(29)28(3)15-22-26-16(2)18-8-6-7-9-20(18)27-22/h6-11,13-14H,5,12,15H2,1-4H3/b11-10+. The SMILES string of the molecule is CCCOc1c(Cl)cc(/C=C/C(=O)N(C)Cc2nc(C)c3ccccc3n2)cc1OC. The van der Waals surface area contributed by atoms with Gasteiger partial charge in [0, 0.05) is 24.2 Å². The number of amides is 1. The maximum atomic E-state index is 12.6. The van der Waals surface area contributed by atoms with E-state index in [0.717, 1.165) is 28.6 Å². The summed E-state index contributed by atoms with van der Waals surface area (Å²) in [7, 11) is 3.28. The van der Waals surface area contributed by atoms with E-state index in [4.69, 9.17) is 21.1 Å². The third-order valence-corrected chi connectivity index (χ3v) is 5.00. The average molecular weight is 440 g/mol. The van der Waals surface area contributed by atoms with Crippen molar-refractivity contribution in [1.82, 2.24) is 14.9 Å². The van der Waals surface area contributed by atoms with E-state index in [-0.39, 0.29) is 5.91 Å². The molecule has 31 heavy (non-hydrogen) atoms. The van der Waals surface area contributed by atoms with E-state index < -0.39 is 0 Å². The Bertz CT molecular complexity index is 1110. The third kappa shape index (κ3) is 5.52. The van der Waals surface area contributed by atoms with E-state index in [2.05, 4.69) is 9.97 Å². The quantitative estimate of drug-likeness (QED) is 0.459. The molecule has 1 amide bonds. The van der Waals surface area contributed by atoms with Crippen LogP contribution >= 0.6 is 11.6 Å². The molecule has 7 heteroatoms. The first kappa shape index (κ1) is 22.6. The maximum Gasteiger partial charge on any atom is 0.246 e. The van der Waals surface area contributed by atoms with Crippen LogP contribution in [0.4, 0.5) is 0 Å². The number of hydrogen-bond acceptors (Lipinski definition) is 5. The molecule has 0 aliphatic heterocycles. The molecule has 0 atom stereocenters. The highest BCUT2D eigenvalue weighted by atomic mass is 35.5. The summed E-state index contributed by atoms with van der Waals surface area (Å²) in [6.07, 6.45) is 4.05. The molecule has 0 radical (unpaired) electrons. The summed E-state index contributed by atoms with van der Waals surface area (Å²) in [5.41, 5.74) is 2.50. The zero-order valence-corrected chi connectivity index (χ0v) is 18.9. The van der Waals surface area contributed by atoms with Crippen LogP contribution in [-0.2, 0) is 11.3 Å². The summed E-state index contributed by atoms with van der Waals surface area (Å²) in [6, 6.07) is 11.4. The van der Waals surface area contributed by atoms with Crippen molar-refractivity contribution in [2.75, 3.05) is 20.8 Å². The van der Waals surface area contributed by atoms with Gasteiger partial charge in [0.15, 0.2) is 11.5 Å². The summed E-state index contributed by atoms with van der Waals surface area (Å²) >= 11 is 6.35. The predicted molar refractivity (Wildman–Crippen MR) is 124 cm³/mol. The van der Waals surface area contributed by atoms with Gasteiger partial charge in [0.05, 0.1) is 30.8 Å². The second-order valence-electron chi connectivity index (χ2n) is 7.15. The van der Waals surface area contributed by atoms with Gasteiger partial charge in [-0.1, -0.05) is 36.7 Å². The number of carbonyl (C=O) groups is 1. The van der Waals surface area contributed by atoms with Gasteiger partial charge in [-0.05, 0) is 43.2 Å². The number of methoxy groups -OCH3 is 1. The molecule has 3 aromatic rings. The smallest absolute Gasteiger partial charge is 0.246 e. The van der Waals surface area contributed by atoms with Gasteiger partial charge in [0.25, 0.3) is 0 Å². The summed E-state index contributed by atoms with van der Waals surface area (Å²) in [4.78, 5) is 23.3. The van der Waals surface area contributed by atoms with Crippen LogP contribution in [-0.4, -0.2) is 41.5 Å². The number of benzene rings is 2. The van der Waals surface area contributed by atoms with Crippen LogP contribution in [0.5, 0.6) is 11.5 Å². The first-order valence-electron chi connectivity index (χ1n) is 10.1. The van der Waals surface area contributed by atoms with Crippen molar-refractivity contribution < 1.29 is 14.3 Å². The number of ether oxygens (including phenoxy) is 2. The van der Waals surface area contributed by atoms with Crippen molar-refractivity contribution in [2.45, 2.75) is 26.8 Å². The molecule has 6 nitrogen and oxygen atoms in total. The highest BCUT2D eigenvalue weighted by Gasteiger charge is 2.13. The van der Waals surface area contributed by atoms with Crippen molar-refractivity contribution in [3.8, 4) is 11.5 Å². The van der Waals surface area contributed by atoms with Gasteiger partial charge in [-0.2, -0.15) is 0 Å². The first-order chi connectivity index (χ1) is 14.9. The summed E-state index contributed by atoms with van der Waals surface area (Å²) in [6.45, 7) is 4.82. The van der Waals surface area contributed by atoms with Crippen LogP contribution in [0.3, 0.4) is 0 Å². The zero-order valence-electron chi connectivity index (χ0n) is 18.2. The number of halogens is 1. The fraction of sp³-hybridized carbons (Fsp3) is 0.292. The largest absolute Gasteiger partial charge is 0.493 e. The molecule has 0 fully saturated rings. The van der Waals surface area contributed by atoms with Crippen molar-refractivity contribution in [3.05, 3.63) is 64.6 Å². The molecule has 1 aromatic heterocycles. The van der Waals surface area contributed by atoms with Gasteiger partial charge >= 0.3 is 0 Å². The van der Waals surface area contributed by atoms with E-state index in [1.807, 2.05) is 38.1 Å². The average Bonchev–Trinajstić information content (AvgIpc) is 2.76. The molecule has 0 aliphatic carbocycles. The maximum absolute atomic E-state index is 12.6. The first-order valence-corrected chi connectivity index (χ1v) is 10.5. The van der Waals surface area contributed by atoms with Crippen molar-refractivity contribution >= 4 is 34.5 Å². The van der Waals surface area contributed by atoms with Gasteiger partial charge in [0.1, 0.15) is 5.82 Å². The number of fused-ring (bicyclic) bond motifs is 1. The fourth-order valence-electron chi connectivity index (χ4n) is 3.13. The van der Waals surface area contributed by atoms with Gasteiger partial charge in [-0.25, -0.2) is 9.97 Å². The van der Waals surface area contributed by atoms with Crippen LogP contribution in [0.1, 0.15) is 30.4 Å². The minimum Gasteiger partial charge on any atom is -0.493 e. The normalized spacial score (nSPS) is 11.1. The topological polar surface area (TPSA) is 64.5 Å². The van der Waals surface area contributed by atoms with Crippen LogP contribution in [0.25, 0.3) is 17.0 Å². The molecule has 0 aliphatic rings. The number of carbonyl (C=O) groups excluding carboxylic acids is 1. The van der Waals surface area contributed by atoms with Crippen molar-refractivity contribution in [2.24, 2.45) is 0 Å². The lowest BCUT2D eigenvalue weighted by Gasteiger charge is -2.15. The number of para-hydroxylation sites is 1. The van der Waals surface area contributed by atoms with E-state index in [1.165, 1.54) is 6.08 Å². The van der Waals surface area contributed by atoms with E-state index in [0.29, 0.717) is 35.5 Å². The lowest BCUT2D eigenvalue weighted by Crippen LogP contribution is -2.25. The number of likely N-dealkylation sites (N-methyl/N-ethyl adjacent to an activating group) is 1. The monoisotopic (exact) mass is 439 g/mol. The van der Waals surface area contributed by atoms with Crippen LogP contribution in [0.15, 0.2) is 42.5 Å². The summed E-state index contributed by atoms with van der Waals surface area (Å²) in [5, 5.41) is 1.45. The second-order valence-corrected chi connectivity index (χ2v) is 7.56. The summed E-state index contributed by atoms with van der Waals surface area (Å²) in [5.74, 6) is 1.47. The van der Waals surface area contributed by atoms with Gasteiger partial charge in [0.2, 0.25) is 5.91 Å². The number of nitrogens with zero attached hydrogens (tertiary/aromatic N) is 3. The molecule has 0 N–H and O–H groups in total. The highest BCUT2D eigenvalue weighted by Crippen LogP contribution is 2.36. The molecule has 162 valence electrons. The molecule has 0 spiro atoms. The Balaban J connectivity index is 1.73. The Labute approximate surface area is 187 Å². The molecule has 0 saturated carbocycles. The molecular weight excluding hydrogens is 414 g/mol. The minimum absolute atomic E-state index is 0.171. The molecule has 0 saturated heterocycles. The molecule has 0 bridgehead atoms. The Morgan fingerprint density at radius 1 is 1.23 bits per heavy atom. The minimum atomic E-state index is -0.171. The summed E-state index contributed by atoms with van der Waals surface area (Å²) < 4.78 is 11.1. The molecule has 3 rings (SSSR count). The van der Waals surface area contributed by atoms with E-state index in [9.17, 15) is 4.79 Å². The lowest BCUT2D eigenvalue weighted by atomic mass is 10.1. The zero-order chi connectivity index (χ0) is 22.4. The highest BCUT2D eigenvalue weighted by molar-refractivity contribution is 6.32. The Kier molecular flexibility index (Phi) is 7.47. The molecule has 1 heterocycles. The van der Waals surface area contributed by atoms with Crippen molar-refractivity contribution in [3.63, 3.8) is 0 Å². The Morgan fingerprint density at radius 2 is 2.00 bits per heavy atom. The number of rotatable bonds is 8. The fourth-order valence-corrected chi connectivity index (χ4v) is 3.40. The van der Waals surface area contributed by atoms with E-state index >= 15 is 0 Å². The third-order valence-electron chi connectivity index (χ3n) is 4.72. The van der Waals surface area contributed by atoms with Crippen LogP contribution in [0.2, 0.25) is 5.02 Å². The number of aryl methyl sites for hydroxylation is 1. The number of hydrogen-bond donors (Lipinski definition) is 0. The Morgan fingerprint density at radius 3 is 2.74 bits per heavy atom. The van der Waals surface area contributed by atoms with E-state index in [1.54, 1.807) is 37.3 Å². The van der Waals surface area contributed by atoms with Crippen LogP contribution in [0, 0.1) is 6.92 Å². The second kappa shape index (κ2) is 10.3. The molecule has 2 aromatic carbocycles. The molecular formula is C24H26ClN3O3. The van der Waals surface area contributed by atoms with Crippen LogP contribution < -0.4 is 9.47 Å². The number of aromatic nitrogens is 2. The predicted octanol–water partition coefficient (Wildman–Crippen LogP) is 5.06. The van der Waals surface area contributed by atoms with Gasteiger partial charge < -0.3 is 14.4 Å². The van der Waals surface area contributed by atoms with Crippen molar-refractivity contribution in [1.29, 1.82) is 0 Å². The Hall–Kier alpha value is -3.12. The van der Waals surface area contributed by atoms with Gasteiger partial charge in [-0.3, -0.25) is 4.79 Å². The molecule has 0 unspecified atom stereocenters.